The monoisotopic (exact) mass is 405 g/mol. The number of rotatable bonds is 5. The number of nitrogen functional groups attached to an aromatic ring is 1. The van der Waals surface area contributed by atoms with Crippen LogP contribution in [0.1, 0.15) is 12.1 Å². The van der Waals surface area contributed by atoms with Crippen LogP contribution in [0.5, 0.6) is 0 Å². The van der Waals surface area contributed by atoms with Crippen LogP contribution in [-0.4, -0.2) is 46.4 Å². The van der Waals surface area contributed by atoms with Gasteiger partial charge in [0.2, 0.25) is 5.91 Å². The van der Waals surface area contributed by atoms with E-state index < -0.39 is 22.1 Å². The maximum absolute atomic E-state index is 12.1. The van der Waals surface area contributed by atoms with Crippen molar-refractivity contribution in [3.05, 3.63) is 22.8 Å². The van der Waals surface area contributed by atoms with Gasteiger partial charge in [0.25, 0.3) is 5.91 Å². The van der Waals surface area contributed by atoms with E-state index in [1.165, 1.54) is 24.9 Å². The maximum atomic E-state index is 12.1. The minimum Gasteiger partial charge on any atom is -0.543 e. The molecule has 1 aromatic rings. The number of nitrogens with two attached hydrogens (primary N) is 1. The van der Waals surface area contributed by atoms with Gasteiger partial charge in [0.05, 0.1) is 29.2 Å². The molecule has 2 amide bonds. The third-order valence-corrected chi connectivity index (χ3v) is 5.65. The number of nitrogens with zero attached hydrogens (tertiary/aromatic N) is 3. The van der Waals surface area contributed by atoms with Gasteiger partial charge in [0, 0.05) is 5.38 Å². The Morgan fingerprint density at radius 2 is 2.35 bits per heavy atom. The topological polar surface area (TPSA) is 150 Å². The van der Waals surface area contributed by atoms with Crippen molar-refractivity contribution in [3.8, 4) is 0 Å². The van der Waals surface area contributed by atoms with Crippen LogP contribution in [-0.2, 0) is 24.1 Å². The molecular formula is C13H12N5NaO5S2. The van der Waals surface area contributed by atoms with Gasteiger partial charge in [-0.15, -0.1) is 11.3 Å². The molecule has 1 fully saturated rings. The molecule has 0 spiro atoms. The number of thiazole rings is 1. The predicted molar refractivity (Wildman–Crippen MR) is 87.8 cm³/mol. The molecule has 13 heteroatoms. The molecule has 3 rings (SSSR count). The fourth-order valence-electron chi connectivity index (χ4n) is 2.48. The van der Waals surface area contributed by atoms with Crippen molar-refractivity contribution in [1.82, 2.24) is 15.2 Å². The van der Waals surface area contributed by atoms with E-state index in [9.17, 15) is 19.5 Å². The fourth-order valence-corrected chi connectivity index (χ4v) is 4.73. The number of oxime groups is 1. The second kappa shape index (κ2) is 7.96. The molecule has 132 valence electrons. The van der Waals surface area contributed by atoms with Crippen LogP contribution in [0.15, 0.2) is 22.3 Å². The number of aliphatic carboxylic acids is 1. The van der Waals surface area contributed by atoms with Crippen molar-refractivity contribution in [2.75, 3.05) is 12.8 Å². The number of hydrogen-bond acceptors (Lipinski definition) is 10. The van der Waals surface area contributed by atoms with Gasteiger partial charge >= 0.3 is 29.6 Å². The third kappa shape index (κ3) is 3.74. The van der Waals surface area contributed by atoms with Gasteiger partial charge in [-0.2, -0.15) is 0 Å². The largest absolute Gasteiger partial charge is 1.00 e. The molecule has 0 aliphatic carbocycles. The van der Waals surface area contributed by atoms with Crippen LogP contribution in [0.4, 0.5) is 5.13 Å². The number of thioether (sulfide) groups is 1. The van der Waals surface area contributed by atoms with Crippen molar-refractivity contribution in [2.45, 2.75) is 16.7 Å². The Labute approximate surface area is 178 Å². The van der Waals surface area contributed by atoms with Crippen LogP contribution in [0, 0.1) is 0 Å². The van der Waals surface area contributed by atoms with Gasteiger partial charge in [0.1, 0.15) is 13.3 Å². The van der Waals surface area contributed by atoms with E-state index in [0.717, 1.165) is 22.5 Å². The number of anilines is 1. The number of carbonyl (C=O) groups excluding carboxylic acids is 3. The normalized spacial score (nSPS) is 24.2. The zero-order valence-electron chi connectivity index (χ0n) is 13.8. The Morgan fingerprint density at radius 1 is 1.62 bits per heavy atom. The second-order valence-electron chi connectivity index (χ2n) is 5.07. The summed E-state index contributed by atoms with van der Waals surface area (Å²) in [5.74, 6) is -2.48. The Hall–Kier alpha value is -1.60. The summed E-state index contributed by atoms with van der Waals surface area (Å²) in [4.78, 5) is 43.7. The number of carboxylic acid groups (broad SMARTS) is 1. The number of hydrogen-bond donors (Lipinski definition) is 2. The summed E-state index contributed by atoms with van der Waals surface area (Å²) in [6, 6.07) is 0. The molecule has 26 heavy (non-hydrogen) atoms. The third-order valence-electron chi connectivity index (χ3n) is 3.52. The average molecular weight is 405 g/mol. The molecule has 0 saturated carbocycles. The molecule has 0 radical (unpaired) electrons. The molecule has 2 atom stereocenters. The van der Waals surface area contributed by atoms with Crippen molar-refractivity contribution in [1.29, 1.82) is 0 Å². The molecule has 3 heterocycles. The van der Waals surface area contributed by atoms with Crippen molar-refractivity contribution >= 4 is 52.2 Å². The fraction of sp³-hybridized carbons (Fsp3) is 0.308. The zero-order chi connectivity index (χ0) is 18.2. The zero-order valence-corrected chi connectivity index (χ0v) is 17.4. The number of carboxylic acids is 1. The number of aromatic nitrogens is 1. The summed E-state index contributed by atoms with van der Waals surface area (Å²) in [7, 11) is 1.28. The van der Waals surface area contributed by atoms with E-state index in [-0.39, 0.29) is 52.7 Å². The SMILES string of the molecule is CON=CC(=O)NC1(c2csc(N)n2)C=C(C(=O)[O-])N2C(=O)C[C@H]2S1.[Na+]. The number of β-lactam (4-membered cyclic amide) rings is 1. The summed E-state index contributed by atoms with van der Waals surface area (Å²) in [5, 5.41) is 18.9. The van der Waals surface area contributed by atoms with E-state index in [1.54, 1.807) is 5.38 Å². The van der Waals surface area contributed by atoms with E-state index >= 15 is 0 Å². The van der Waals surface area contributed by atoms with Crippen LogP contribution in [0.3, 0.4) is 0 Å². The molecular weight excluding hydrogens is 393 g/mol. The minimum absolute atomic E-state index is 0. The van der Waals surface area contributed by atoms with Crippen molar-refractivity contribution in [2.24, 2.45) is 5.16 Å². The summed E-state index contributed by atoms with van der Waals surface area (Å²) < 4.78 is 0. The molecule has 1 aromatic heterocycles. The van der Waals surface area contributed by atoms with Gasteiger partial charge in [-0.3, -0.25) is 14.5 Å². The number of carbonyl (C=O) groups is 3. The predicted octanol–water partition coefficient (Wildman–Crippen LogP) is -4.43. The van der Waals surface area contributed by atoms with Crippen LogP contribution in [0.25, 0.3) is 0 Å². The summed E-state index contributed by atoms with van der Waals surface area (Å²) in [6.45, 7) is 0. The molecule has 2 aliphatic heterocycles. The molecule has 1 unspecified atom stereocenters. The van der Waals surface area contributed by atoms with Crippen LogP contribution < -0.4 is 45.7 Å². The van der Waals surface area contributed by atoms with Gasteiger partial charge < -0.3 is 25.8 Å². The van der Waals surface area contributed by atoms with E-state index in [4.69, 9.17) is 5.73 Å². The van der Waals surface area contributed by atoms with Crippen LogP contribution >= 0.6 is 23.1 Å². The smallest absolute Gasteiger partial charge is 0.543 e. The Bertz CT molecular complexity index is 813. The Balaban J connectivity index is 0.00000243. The van der Waals surface area contributed by atoms with Gasteiger partial charge in [-0.1, -0.05) is 16.9 Å². The Kier molecular flexibility index (Phi) is 6.34. The summed E-state index contributed by atoms with van der Waals surface area (Å²) in [5.41, 5.74) is 5.69. The number of fused-ring (bicyclic) bond motifs is 1. The van der Waals surface area contributed by atoms with E-state index in [0.29, 0.717) is 5.69 Å². The molecule has 0 bridgehead atoms. The summed E-state index contributed by atoms with van der Waals surface area (Å²) in [6.07, 6.45) is 2.27. The first-order chi connectivity index (χ1) is 11.9. The van der Waals surface area contributed by atoms with Gasteiger partial charge in [-0.25, -0.2) is 4.98 Å². The standard InChI is InChI=1S/C13H13N5O5S2.Na/c1-23-15-4-8(19)17-13(7-5-24-12(14)16-7)3-6(11(21)22)18-9(20)2-10(18)25-13;/h3-5,10H,2H2,1H3,(H2,14,16)(H,17,19)(H,21,22);/q;+1/p-1/t10-,13?;/m1./s1. The molecule has 10 nitrogen and oxygen atoms in total. The molecule has 2 aliphatic rings. The van der Waals surface area contributed by atoms with Gasteiger partial charge in [-0.05, 0) is 6.08 Å². The molecule has 3 N–H and O–H groups in total. The summed E-state index contributed by atoms with van der Waals surface area (Å²) >= 11 is 2.32. The first kappa shape index (κ1) is 20.7. The van der Waals surface area contributed by atoms with Crippen LogP contribution in [0.2, 0.25) is 0 Å². The quantitative estimate of drug-likeness (QED) is 0.216. The van der Waals surface area contributed by atoms with E-state index in [1.807, 2.05) is 0 Å². The minimum atomic E-state index is -1.52. The average Bonchev–Trinajstić information content (AvgIpc) is 2.98. The van der Waals surface area contributed by atoms with Gasteiger partial charge in [0.15, 0.2) is 10.0 Å². The maximum Gasteiger partial charge on any atom is 1.00 e. The first-order valence-electron chi connectivity index (χ1n) is 6.90. The van der Waals surface area contributed by atoms with Crippen molar-refractivity contribution < 1.29 is 53.9 Å². The number of nitrogens with one attached hydrogen (secondary N) is 1. The Morgan fingerprint density at radius 3 is 2.88 bits per heavy atom. The molecule has 0 aromatic carbocycles. The molecule has 1 saturated heterocycles. The first-order valence-corrected chi connectivity index (χ1v) is 8.66. The number of amides is 2. The second-order valence-corrected chi connectivity index (χ2v) is 7.38. The van der Waals surface area contributed by atoms with E-state index in [2.05, 4.69) is 20.3 Å². The van der Waals surface area contributed by atoms with Crippen molar-refractivity contribution in [3.63, 3.8) is 0 Å².